The van der Waals surface area contributed by atoms with Crippen LogP contribution in [0.15, 0.2) is 41.0 Å². The second-order valence-electron chi connectivity index (χ2n) is 5.72. The molecule has 3 nitrogen and oxygen atoms in total. The van der Waals surface area contributed by atoms with Gasteiger partial charge in [-0.1, -0.05) is 45.0 Å². The van der Waals surface area contributed by atoms with E-state index in [1.807, 2.05) is 6.92 Å². The third-order valence-corrected chi connectivity index (χ3v) is 3.77. The Morgan fingerprint density at radius 2 is 1.86 bits per heavy atom. The first-order valence-electron chi connectivity index (χ1n) is 7.46. The molecule has 1 amide bonds. The average molecular weight is 285 g/mol. The second kappa shape index (κ2) is 6.61. The first-order valence-corrected chi connectivity index (χ1v) is 7.46. The van der Waals surface area contributed by atoms with E-state index in [1.165, 1.54) is 5.56 Å². The number of carbonyl (C=O) groups excluding carboxylic acids is 1. The first-order chi connectivity index (χ1) is 10.0. The standard InChI is InChI=1S/C18H23NO2/c1-5-14-6-8-15(9-7-14)16(12(2)3)19-18(20)17-13(4)10-11-21-17/h6-12,16H,5H2,1-4H3,(H,19,20). The molecule has 0 saturated heterocycles. The van der Waals surface area contributed by atoms with Crippen molar-refractivity contribution >= 4 is 5.91 Å². The zero-order valence-electron chi connectivity index (χ0n) is 13.1. The van der Waals surface area contributed by atoms with Gasteiger partial charge in [0.1, 0.15) is 0 Å². The van der Waals surface area contributed by atoms with E-state index in [1.54, 1.807) is 12.3 Å². The summed E-state index contributed by atoms with van der Waals surface area (Å²) in [6.07, 6.45) is 2.56. The van der Waals surface area contributed by atoms with Gasteiger partial charge < -0.3 is 9.73 Å². The van der Waals surface area contributed by atoms with Gasteiger partial charge in [-0.25, -0.2) is 0 Å². The highest BCUT2D eigenvalue weighted by Crippen LogP contribution is 2.23. The molecular formula is C18H23NO2. The molecule has 1 N–H and O–H groups in total. The molecule has 0 aliphatic rings. The topological polar surface area (TPSA) is 42.2 Å². The van der Waals surface area contributed by atoms with Crippen LogP contribution in [0.1, 0.15) is 54.1 Å². The van der Waals surface area contributed by atoms with Crippen molar-refractivity contribution in [1.82, 2.24) is 5.32 Å². The van der Waals surface area contributed by atoms with E-state index in [4.69, 9.17) is 4.42 Å². The van der Waals surface area contributed by atoms with E-state index in [-0.39, 0.29) is 11.9 Å². The van der Waals surface area contributed by atoms with Crippen molar-refractivity contribution in [2.24, 2.45) is 5.92 Å². The number of hydrogen-bond donors (Lipinski definition) is 1. The highest BCUT2D eigenvalue weighted by atomic mass is 16.3. The number of rotatable bonds is 5. The number of aryl methyl sites for hydroxylation is 2. The Kier molecular flexibility index (Phi) is 4.84. The lowest BCUT2D eigenvalue weighted by molar-refractivity contribution is 0.0896. The molecule has 0 aliphatic heterocycles. The molecule has 3 heteroatoms. The summed E-state index contributed by atoms with van der Waals surface area (Å²) in [4.78, 5) is 12.3. The minimum Gasteiger partial charge on any atom is -0.459 e. The van der Waals surface area contributed by atoms with Crippen molar-refractivity contribution in [2.45, 2.75) is 40.2 Å². The summed E-state index contributed by atoms with van der Waals surface area (Å²) in [5.74, 6) is 0.540. The summed E-state index contributed by atoms with van der Waals surface area (Å²) in [7, 11) is 0. The predicted molar refractivity (Wildman–Crippen MR) is 84.3 cm³/mol. The van der Waals surface area contributed by atoms with Gasteiger partial charge in [-0.2, -0.15) is 0 Å². The Bertz CT molecular complexity index is 596. The van der Waals surface area contributed by atoms with Gasteiger partial charge in [0.15, 0.2) is 5.76 Å². The Labute approximate surface area is 126 Å². The molecule has 2 aromatic rings. The second-order valence-corrected chi connectivity index (χ2v) is 5.72. The van der Waals surface area contributed by atoms with E-state index < -0.39 is 0 Å². The number of benzene rings is 1. The van der Waals surface area contributed by atoms with Crippen LogP contribution in [-0.2, 0) is 6.42 Å². The van der Waals surface area contributed by atoms with Crippen molar-refractivity contribution in [1.29, 1.82) is 0 Å². The van der Waals surface area contributed by atoms with Gasteiger partial charge in [0.05, 0.1) is 12.3 Å². The molecule has 0 spiro atoms. The van der Waals surface area contributed by atoms with Crippen molar-refractivity contribution < 1.29 is 9.21 Å². The normalized spacial score (nSPS) is 12.4. The van der Waals surface area contributed by atoms with Gasteiger partial charge in [0.2, 0.25) is 0 Å². The first kappa shape index (κ1) is 15.4. The molecular weight excluding hydrogens is 262 g/mol. The van der Waals surface area contributed by atoms with Crippen molar-refractivity contribution in [3.05, 3.63) is 59.0 Å². The van der Waals surface area contributed by atoms with Gasteiger partial charge in [-0.05, 0) is 36.5 Å². The van der Waals surface area contributed by atoms with E-state index in [0.717, 1.165) is 17.5 Å². The van der Waals surface area contributed by atoms with Crippen LogP contribution in [-0.4, -0.2) is 5.91 Å². The number of furan rings is 1. The Morgan fingerprint density at radius 1 is 1.19 bits per heavy atom. The van der Waals surface area contributed by atoms with Crippen LogP contribution in [0, 0.1) is 12.8 Å². The molecule has 1 unspecified atom stereocenters. The van der Waals surface area contributed by atoms with E-state index in [0.29, 0.717) is 11.7 Å². The van der Waals surface area contributed by atoms with Crippen LogP contribution in [0.3, 0.4) is 0 Å². The van der Waals surface area contributed by atoms with Crippen molar-refractivity contribution in [2.75, 3.05) is 0 Å². The lowest BCUT2D eigenvalue weighted by atomic mass is 9.94. The number of nitrogens with one attached hydrogen (secondary N) is 1. The van der Waals surface area contributed by atoms with Gasteiger partial charge in [-0.15, -0.1) is 0 Å². The molecule has 21 heavy (non-hydrogen) atoms. The summed E-state index contributed by atoms with van der Waals surface area (Å²) < 4.78 is 5.27. The minimum atomic E-state index is -0.157. The van der Waals surface area contributed by atoms with Gasteiger partial charge >= 0.3 is 0 Å². The maximum Gasteiger partial charge on any atom is 0.287 e. The molecule has 1 heterocycles. The smallest absolute Gasteiger partial charge is 0.287 e. The van der Waals surface area contributed by atoms with Crippen molar-refractivity contribution in [3.8, 4) is 0 Å². The molecule has 0 saturated carbocycles. The van der Waals surface area contributed by atoms with E-state index in [2.05, 4.69) is 50.4 Å². The number of amides is 1. The molecule has 0 aliphatic carbocycles. The van der Waals surface area contributed by atoms with Gasteiger partial charge in [0.25, 0.3) is 5.91 Å². The summed E-state index contributed by atoms with van der Waals surface area (Å²) >= 11 is 0. The fourth-order valence-corrected chi connectivity index (χ4v) is 2.41. The molecule has 112 valence electrons. The molecule has 0 radical (unpaired) electrons. The molecule has 1 aromatic heterocycles. The summed E-state index contributed by atoms with van der Waals surface area (Å²) in [5.41, 5.74) is 3.28. The summed E-state index contributed by atoms with van der Waals surface area (Å²) in [5, 5.41) is 3.08. The summed E-state index contributed by atoms with van der Waals surface area (Å²) in [6, 6.07) is 10.2. The van der Waals surface area contributed by atoms with Crippen LogP contribution >= 0.6 is 0 Å². The third-order valence-electron chi connectivity index (χ3n) is 3.77. The molecule has 0 fully saturated rings. The fraction of sp³-hybridized carbons (Fsp3) is 0.389. The van der Waals surface area contributed by atoms with Crippen LogP contribution in [0.4, 0.5) is 0 Å². The minimum absolute atomic E-state index is 0.0205. The zero-order valence-corrected chi connectivity index (χ0v) is 13.1. The lowest BCUT2D eigenvalue weighted by Crippen LogP contribution is -2.31. The maximum atomic E-state index is 12.3. The van der Waals surface area contributed by atoms with Crippen molar-refractivity contribution in [3.63, 3.8) is 0 Å². The maximum absolute atomic E-state index is 12.3. The fourth-order valence-electron chi connectivity index (χ4n) is 2.41. The van der Waals surface area contributed by atoms with Crippen LogP contribution < -0.4 is 5.32 Å². The summed E-state index contributed by atoms with van der Waals surface area (Å²) in [6.45, 7) is 8.22. The Hall–Kier alpha value is -2.03. The Morgan fingerprint density at radius 3 is 2.33 bits per heavy atom. The zero-order chi connectivity index (χ0) is 15.4. The quantitative estimate of drug-likeness (QED) is 0.891. The van der Waals surface area contributed by atoms with Gasteiger partial charge in [0, 0.05) is 5.56 Å². The SMILES string of the molecule is CCc1ccc(C(NC(=O)c2occc2C)C(C)C)cc1. The Balaban J connectivity index is 2.19. The third kappa shape index (κ3) is 3.54. The van der Waals surface area contributed by atoms with Crippen LogP contribution in [0.5, 0.6) is 0 Å². The molecule has 1 atom stereocenters. The molecule has 1 aromatic carbocycles. The average Bonchev–Trinajstić information content (AvgIpc) is 2.90. The number of hydrogen-bond acceptors (Lipinski definition) is 2. The van der Waals surface area contributed by atoms with Crippen LogP contribution in [0.25, 0.3) is 0 Å². The largest absolute Gasteiger partial charge is 0.459 e. The van der Waals surface area contributed by atoms with E-state index in [9.17, 15) is 4.79 Å². The molecule has 0 bridgehead atoms. The predicted octanol–water partition coefficient (Wildman–Crippen LogP) is 4.28. The molecule has 2 rings (SSSR count). The van der Waals surface area contributed by atoms with Crippen LogP contribution in [0.2, 0.25) is 0 Å². The van der Waals surface area contributed by atoms with E-state index >= 15 is 0 Å². The number of carbonyl (C=O) groups is 1. The van der Waals surface area contributed by atoms with Gasteiger partial charge in [-0.3, -0.25) is 4.79 Å². The highest BCUT2D eigenvalue weighted by Gasteiger charge is 2.21. The lowest BCUT2D eigenvalue weighted by Gasteiger charge is -2.23. The highest BCUT2D eigenvalue weighted by molar-refractivity contribution is 5.93. The monoisotopic (exact) mass is 285 g/mol.